The van der Waals surface area contributed by atoms with E-state index in [4.69, 9.17) is 9.47 Å². The lowest BCUT2D eigenvalue weighted by atomic mass is 10.1. The van der Waals surface area contributed by atoms with E-state index >= 15 is 4.39 Å². The van der Waals surface area contributed by atoms with Crippen molar-refractivity contribution in [2.45, 2.75) is 17.3 Å². The number of halogens is 2. The third-order valence-corrected chi connectivity index (χ3v) is 6.73. The van der Waals surface area contributed by atoms with Crippen molar-refractivity contribution in [3.05, 3.63) is 27.7 Å². The van der Waals surface area contributed by atoms with Crippen LogP contribution in [0.15, 0.2) is 15.9 Å². The van der Waals surface area contributed by atoms with Gasteiger partial charge in [0, 0.05) is 26.2 Å². The number of methoxy groups -OCH3 is 1. The van der Waals surface area contributed by atoms with Gasteiger partial charge in [-0.15, -0.1) is 0 Å². The molecule has 0 N–H and O–H groups in total. The predicted molar refractivity (Wildman–Crippen MR) is 111 cm³/mol. The normalized spacial score (nSPS) is 18.8. The topological polar surface area (TPSA) is 64.0 Å². The number of rotatable bonds is 5. The van der Waals surface area contributed by atoms with Crippen LogP contribution in [0.4, 0.5) is 14.5 Å². The molecule has 162 valence electrons. The van der Waals surface area contributed by atoms with Crippen molar-refractivity contribution in [1.82, 2.24) is 9.47 Å². The van der Waals surface area contributed by atoms with Crippen molar-refractivity contribution in [3.63, 3.8) is 0 Å². The summed E-state index contributed by atoms with van der Waals surface area (Å²) < 4.78 is 41.1. The fourth-order valence-corrected chi connectivity index (χ4v) is 5.10. The Bertz CT molecular complexity index is 1070. The van der Waals surface area contributed by atoms with E-state index in [1.165, 1.54) is 7.11 Å². The molecule has 4 rings (SSSR count). The van der Waals surface area contributed by atoms with E-state index in [1.54, 1.807) is 11.5 Å². The van der Waals surface area contributed by atoms with Gasteiger partial charge in [0.15, 0.2) is 11.6 Å². The zero-order valence-corrected chi connectivity index (χ0v) is 17.9. The summed E-state index contributed by atoms with van der Waals surface area (Å²) in [5.41, 5.74) is -0.262. The van der Waals surface area contributed by atoms with Crippen molar-refractivity contribution in [2.75, 3.05) is 58.5 Å². The molecule has 2 aliphatic heterocycles. The quantitative estimate of drug-likeness (QED) is 0.664. The number of pyridine rings is 1. The number of anilines is 1. The molecule has 1 aromatic heterocycles. The maximum Gasteiger partial charge on any atom is 0.344 e. The molecule has 10 heteroatoms. The summed E-state index contributed by atoms with van der Waals surface area (Å²) in [6.07, 6.45) is 0. The molecule has 0 radical (unpaired) electrons. The molecule has 1 aromatic carbocycles. The first-order valence-electron chi connectivity index (χ1n) is 9.74. The molecule has 7 nitrogen and oxygen atoms in total. The highest BCUT2D eigenvalue weighted by molar-refractivity contribution is 8.00. The van der Waals surface area contributed by atoms with Gasteiger partial charge in [-0.05, 0) is 20.0 Å². The average molecular weight is 439 g/mol. The minimum Gasteiger partial charge on any atom is -0.492 e. The highest BCUT2D eigenvalue weighted by Gasteiger charge is 2.38. The highest BCUT2D eigenvalue weighted by atomic mass is 32.2. The van der Waals surface area contributed by atoms with Gasteiger partial charge in [-0.3, -0.25) is 4.79 Å². The van der Waals surface area contributed by atoms with E-state index in [1.807, 2.05) is 11.9 Å². The van der Waals surface area contributed by atoms with Crippen LogP contribution in [-0.4, -0.2) is 69.1 Å². The summed E-state index contributed by atoms with van der Waals surface area (Å²) in [7, 11) is 3.40. The second kappa shape index (κ2) is 8.07. The summed E-state index contributed by atoms with van der Waals surface area (Å²) in [5.74, 6) is -1.22. The Hall–Kier alpha value is -2.33. The summed E-state index contributed by atoms with van der Waals surface area (Å²) in [4.78, 5) is 29.6. The number of esters is 1. The van der Waals surface area contributed by atoms with Gasteiger partial charge in [0.1, 0.15) is 23.3 Å². The molecule has 0 aliphatic carbocycles. The third-order valence-electron chi connectivity index (χ3n) is 5.50. The molecule has 2 aliphatic rings. The second-order valence-corrected chi connectivity index (χ2v) is 8.42. The molecular formula is C20H23F2N3O4S. The molecule has 1 atom stereocenters. The number of piperazine rings is 1. The van der Waals surface area contributed by atoms with Gasteiger partial charge < -0.3 is 23.8 Å². The van der Waals surface area contributed by atoms with E-state index < -0.39 is 29.3 Å². The lowest BCUT2D eigenvalue weighted by Gasteiger charge is -2.37. The number of fused-ring (bicyclic) bond motifs is 3. The first kappa shape index (κ1) is 20.9. The number of aromatic nitrogens is 1. The third kappa shape index (κ3) is 3.13. The number of hydrogen-bond donors (Lipinski definition) is 0. The smallest absolute Gasteiger partial charge is 0.344 e. The number of likely N-dealkylation sites (N-methyl/N-ethyl adjacent to an activating group) is 1. The van der Waals surface area contributed by atoms with Crippen molar-refractivity contribution in [3.8, 4) is 5.75 Å². The summed E-state index contributed by atoms with van der Waals surface area (Å²) in [6, 6.07) is 1.13. The molecule has 0 bridgehead atoms. The largest absolute Gasteiger partial charge is 0.492 e. The Kier molecular flexibility index (Phi) is 5.63. The van der Waals surface area contributed by atoms with E-state index in [2.05, 4.69) is 4.90 Å². The van der Waals surface area contributed by atoms with Crippen molar-refractivity contribution >= 4 is 34.3 Å². The predicted octanol–water partition coefficient (Wildman–Crippen LogP) is 2.65. The number of nitrogens with zero attached hydrogens (tertiary/aromatic N) is 3. The Morgan fingerprint density at radius 3 is 2.60 bits per heavy atom. The molecule has 30 heavy (non-hydrogen) atoms. The number of thioether (sulfide) groups is 1. The van der Waals surface area contributed by atoms with Crippen molar-refractivity contribution < 1.29 is 23.0 Å². The number of ether oxygens (including phenoxy) is 2. The SMILES string of the molecule is CCOC(=O)c1c2n(c3c(OC)c(N4CCN(C)CC4)c(F)cc3c1=O)C(CF)S2. The fraction of sp³-hybridized carbons (Fsp3) is 0.500. The van der Waals surface area contributed by atoms with E-state index in [9.17, 15) is 14.0 Å². The van der Waals surface area contributed by atoms with Crippen LogP contribution in [0.2, 0.25) is 0 Å². The van der Waals surface area contributed by atoms with Crippen molar-refractivity contribution in [1.29, 1.82) is 0 Å². The fourth-order valence-electron chi connectivity index (χ4n) is 4.00. The molecule has 0 amide bonds. The monoisotopic (exact) mass is 439 g/mol. The molecular weight excluding hydrogens is 416 g/mol. The maximum absolute atomic E-state index is 15.3. The van der Waals surface area contributed by atoms with Crippen LogP contribution in [0.1, 0.15) is 22.7 Å². The molecule has 1 saturated heterocycles. The second-order valence-electron chi connectivity index (χ2n) is 7.25. The molecule has 0 spiro atoms. The van der Waals surface area contributed by atoms with Crippen LogP contribution >= 0.6 is 11.8 Å². The van der Waals surface area contributed by atoms with Crippen LogP contribution < -0.4 is 15.1 Å². The Morgan fingerprint density at radius 1 is 1.30 bits per heavy atom. The summed E-state index contributed by atoms with van der Waals surface area (Å²) >= 11 is 1.09. The number of benzene rings is 1. The lowest BCUT2D eigenvalue weighted by molar-refractivity contribution is 0.0518. The number of carbonyl (C=O) groups is 1. The van der Waals surface area contributed by atoms with E-state index in [0.29, 0.717) is 23.6 Å². The standard InChI is InChI=1S/C20H23F2N3O4S/c1-4-29-20(27)14-17(26)11-9-12(22)16(24-7-5-23(2)6-8-24)18(28-3)15(11)25-13(10-21)30-19(14)25/h9,13H,4-8,10H2,1-3H3. The van der Waals surface area contributed by atoms with Gasteiger partial charge in [0.05, 0.1) is 29.6 Å². The first-order chi connectivity index (χ1) is 14.4. The zero-order valence-electron chi connectivity index (χ0n) is 17.0. The van der Waals surface area contributed by atoms with Gasteiger partial charge in [-0.2, -0.15) is 0 Å². The number of hydrogen-bond acceptors (Lipinski definition) is 7. The summed E-state index contributed by atoms with van der Waals surface area (Å²) in [6.45, 7) is 3.71. The molecule has 2 aromatic rings. The first-order valence-corrected chi connectivity index (χ1v) is 10.6. The Labute approximate surface area is 176 Å². The van der Waals surface area contributed by atoms with Gasteiger partial charge >= 0.3 is 5.97 Å². The van der Waals surface area contributed by atoms with Gasteiger partial charge in [0.25, 0.3) is 0 Å². The minimum atomic E-state index is -0.791. The summed E-state index contributed by atoms with van der Waals surface area (Å²) in [5, 5.41) is -0.327. The maximum atomic E-state index is 15.3. The Balaban J connectivity index is 2.00. The minimum absolute atomic E-state index is 0.0206. The van der Waals surface area contributed by atoms with Gasteiger partial charge in [-0.25, -0.2) is 13.6 Å². The van der Waals surface area contributed by atoms with Crippen LogP contribution in [0.3, 0.4) is 0 Å². The van der Waals surface area contributed by atoms with Gasteiger partial charge in [-0.1, -0.05) is 11.8 Å². The molecule has 1 unspecified atom stereocenters. The van der Waals surface area contributed by atoms with E-state index in [-0.39, 0.29) is 29.0 Å². The van der Waals surface area contributed by atoms with Crippen LogP contribution in [0.5, 0.6) is 5.75 Å². The lowest BCUT2D eigenvalue weighted by Crippen LogP contribution is -2.45. The van der Waals surface area contributed by atoms with Gasteiger partial charge in [0.2, 0.25) is 5.43 Å². The van der Waals surface area contributed by atoms with E-state index in [0.717, 1.165) is 30.9 Å². The molecule has 3 heterocycles. The molecule has 0 saturated carbocycles. The van der Waals surface area contributed by atoms with Crippen LogP contribution in [0, 0.1) is 5.82 Å². The molecule has 1 fully saturated rings. The van der Waals surface area contributed by atoms with Crippen LogP contribution in [-0.2, 0) is 4.74 Å². The number of carbonyl (C=O) groups excluding carboxylic acids is 1. The Morgan fingerprint density at radius 2 is 2.00 bits per heavy atom. The van der Waals surface area contributed by atoms with Crippen LogP contribution in [0.25, 0.3) is 10.9 Å². The van der Waals surface area contributed by atoms with Crippen molar-refractivity contribution in [2.24, 2.45) is 0 Å². The zero-order chi connectivity index (χ0) is 21.6. The highest BCUT2D eigenvalue weighted by Crippen LogP contribution is 2.50. The average Bonchev–Trinajstić information content (AvgIpc) is 2.71. The number of alkyl halides is 1.